The molecule has 0 atom stereocenters. The van der Waals surface area contributed by atoms with Gasteiger partial charge < -0.3 is 0 Å². The lowest BCUT2D eigenvalue weighted by Gasteiger charge is -2.02. The fraction of sp³-hybridized carbons (Fsp3) is 0. The van der Waals surface area contributed by atoms with Crippen molar-refractivity contribution in [3.8, 4) is 12.4 Å². The van der Waals surface area contributed by atoms with Crippen LogP contribution in [0.2, 0.25) is 0 Å². The van der Waals surface area contributed by atoms with E-state index >= 15 is 0 Å². The first-order valence-electron chi connectivity index (χ1n) is 3.76. The Kier molecular flexibility index (Phi) is 3.11. The average molecular weight is 222 g/mol. The molecule has 0 aromatic heterocycles. The molecule has 1 aromatic carbocycles. The number of rotatable bonds is 3. The molecule has 1 aromatic rings. The van der Waals surface area contributed by atoms with Crippen LogP contribution in [-0.4, -0.2) is 8.42 Å². The SMILES string of the molecule is N#CNc1cccc(S(=O)(=O)NC#N)c1. The number of nitriles is 2. The van der Waals surface area contributed by atoms with E-state index in [4.69, 9.17) is 10.5 Å². The van der Waals surface area contributed by atoms with Crippen LogP contribution < -0.4 is 10.0 Å². The number of anilines is 1. The van der Waals surface area contributed by atoms with Gasteiger partial charge in [-0.2, -0.15) is 10.5 Å². The first-order valence-corrected chi connectivity index (χ1v) is 5.24. The molecule has 0 aliphatic heterocycles. The first kappa shape index (κ1) is 10.8. The zero-order chi connectivity index (χ0) is 11.3. The topological polar surface area (TPSA) is 106 Å². The van der Waals surface area contributed by atoms with E-state index in [2.05, 4.69) is 5.32 Å². The van der Waals surface area contributed by atoms with Crippen LogP contribution in [0.1, 0.15) is 0 Å². The van der Waals surface area contributed by atoms with Gasteiger partial charge >= 0.3 is 0 Å². The maximum Gasteiger partial charge on any atom is 0.270 e. The molecule has 0 saturated carbocycles. The van der Waals surface area contributed by atoms with Gasteiger partial charge in [0.2, 0.25) is 0 Å². The average Bonchev–Trinajstić information content (AvgIpc) is 2.19. The molecule has 7 heteroatoms. The van der Waals surface area contributed by atoms with Crippen molar-refractivity contribution in [2.75, 3.05) is 5.32 Å². The molecule has 1 rings (SSSR count). The lowest BCUT2D eigenvalue weighted by atomic mass is 10.3. The molecule has 0 spiro atoms. The minimum atomic E-state index is -3.81. The Labute approximate surface area is 86.8 Å². The minimum absolute atomic E-state index is 0.0794. The van der Waals surface area contributed by atoms with Crippen molar-refractivity contribution in [1.82, 2.24) is 4.72 Å². The highest BCUT2D eigenvalue weighted by Gasteiger charge is 2.12. The molecule has 6 nitrogen and oxygen atoms in total. The van der Waals surface area contributed by atoms with E-state index in [9.17, 15) is 8.42 Å². The quantitative estimate of drug-likeness (QED) is 0.566. The Balaban J connectivity index is 3.13. The highest BCUT2D eigenvalue weighted by Crippen LogP contribution is 2.14. The summed E-state index contributed by atoms with van der Waals surface area (Å²) in [6.07, 6.45) is 3.00. The van der Waals surface area contributed by atoms with Gasteiger partial charge in [-0.25, -0.2) is 13.1 Å². The Morgan fingerprint density at radius 2 is 1.93 bits per heavy atom. The number of nitrogens with zero attached hydrogens (tertiary/aromatic N) is 2. The summed E-state index contributed by atoms with van der Waals surface area (Å²) in [5.41, 5.74) is 0.346. The summed E-state index contributed by atoms with van der Waals surface area (Å²) in [6.45, 7) is 0. The minimum Gasteiger partial charge on any atom is -0.293 e. The molecule has 0 radical (unpaired) electrons. The van der Waals surface area contributed by atoms with Gasteiger partial charge in [-0.1, -0.05) is 6.07 Å². The normalized spacial score (nSPS) is 9.73. The molecular weight excluding hydrogens is 216 g/mol. The maximum atomic E-state index is 11.3. The molecule has 0 aliphatic carbocycles. The summed E-state index contributed by atoms with van der Waals surface area (Å²) in [4.78, 5) is -0.0794. The van der Waals surface area contributed by atoms with Crippen LogP contribution in [0.4, 0.5) is 5.69 Å². The number of sulfonamides is 1. The number of hydrogen-bond acceptors (Lipinski definition) is 5. The summed E-state index contributed by atoms with van der Waals surface area (Å²) in [5.74, 6) is 0. The largest absolute Gasteiger partial charge is 0.293 e. The Morgan fingerprint density at radius 1 is 1.20 bits per heavy atom. The van der Waals surface area contributed by atoms with Crippen molar-refractivity contribution in [3.63, 3.8) is 0 Å². The van der Waals surface area contributed by atoms with Gasteiger partial charge in [0.25, 0.3) is 10.0 Å². The van der Waals surface area contributed by atoms with Crippen molar-refractivity contribution < 1.29 is 8.42 Å². The van der Waals surface area contributed by atoms with Gasteiger partial charge in [0, 0.05) is 5.69 Å². The van der Waals surface area contributed by atoms with Crippen molar-refractivity contribution >= 4 is 15.7 Å². The van der Waals surface area contributed by atoms with Crippen LogP contribution in [-0.2, 0) is 10.0 Å². The molecule has 15 heavy (non-hydrogen) atoms. The van der Waals surface area contributed by atoms with E-state index in [-0.39, 0.29) is 4.90 Å². The molecular formula is C8H6N4O2S. The second-order valence-corrected chi connectivity index (χ2v) is 4.16. The Morgan fingerprint density at radius 3 is 2.53 bits per heavy atom. The molecule has 0 saturated heterocycles. The number of nitrogens with one attached hydrogen (secondary N) is 2. The van der Waals surface area contributed by atoms with Gasteiger partial charge in [0.05, 0.1) is 4.90 Å². The third-order valence-electron chi connectivity index (χ3n) is 1.52. The lowest BCUT2D eigenvalue weighted by molar-refractivity contribution is 0.591. The van der Waals surface area contributed by atoms with Gasteiger partial charge in [0.1, 0.15) is 0 Å². The third-order valence-corrected chi connectivity index (χ3v) is 2.76. The number of benzene rings is 1. The van der Waals surface area contributed by atoms with Crippen LogP contribution in [0.15, 0.2) is 29.2 Å². The molecule has 0 heterocycles. The fourth-order valence-corrected chi connectivity index (χ4v) is 1.70. The standard InChI is InChI=1S/C8H6N4O2S/c9-5-11-7-2-1-3-8(4-7)15(13,14)12-6-10/h1-4,11-12H. The van der Waals surface area contributed by atoms with Crippen LogP contribution in [0.5, 0.6) is 0 Å². The molecule has 2 N–H and O–H groups in total. The van der Waals surface area contributed by atoms with Crippen molar-refractivity contribution in [1.29, 1.82) is 10.5 Å². The zero-order valence-electron chi connectivity index (χ0n) is 7.43. The summed E-state index contributed by atoms with van der Waals surface area (Å²) in [6, 6.07) is 5.57. The van der Waals surface area contributed by atoms with Crippen molar-refractivity contribution in [3.05, 3.63) is 24.3 Å². The molecule has 0 fully saturated rings. The fourth-order valence-electron chi connectivity index (χ4n) is 0.925. The second-order valence-electron chi connectivity index (χ2n) is 2.48. The van der Waals surface area contributed by atoms with Crippen LogP contribution in [0, 0.1) is 22.9 Å². The molecule has 0 unspecified atom stereocenters. The second kappa shape index (κ2) is 4.31. The summed E-state index contributed by atoms with van der Waals surface area (Å²) >= 11 is 0. The van der Waals surface area contributed by atoms with Crippen LogP contribution in [0.3, 0.4) is 0 Å². The predicted octanol–water partition coefficient (Wildman–Crippen LogP) is 0.339. The van der Waals surface area contributed by atoms with Crippen LogP contribution in [0.25, 0.3) is 0 Å². The first-order chi connectivity index (χ1) is 7.10. The van der Waals surface area contributed by atoms with Gasteiger partial charge in [-0.3, -0.25) is 5.32 Å². The summed E-state index contributed by atoms with van der Waals surface area (Å²) in [7, 11) is -3.81. The van der Waals surface area contributed by atoms with E-state index in [1.807, 2.05) is 0 Å². The smallest absolute Gasteiger partial charge is 0.270 e. The van der Waals surface area contributed by atoms with Crippen molar-refractivity contribution in [2.45, 2.75) is 4.90 Å². The Bertz CT molecular complexity index is 538. The molecule has 0 bridgehead atoms. The highest BCUT2D eigenvalue weighted by molar-refractivity contribution is 7.89. The van der Waals surface area contributed by atoms with E-state index in [1.54, 1.807) is 10.9 Å². The van der Waals surface area contributed by atoms with E-state index in [0.717, 1.165) is 0 Å². The van der Waals surface area contributed by atoms with Crippen molar-refractivity contribution in [2.24, 2.45) is 0 Å². The molecule has 76 valence electrons. The van der Waals surface area contributed by atoms with Gasteiger partial charge in [-0.15, -0.1) is 0 Å². The maximum absolute atomic E-state index is 11.3. The third kappa shape index (κ3) is 2.59. The predicted molar refractivity (Wildman–Crippen MR) is 51.6 cm³/mol. The van der Waals surface area contributed by atoms with Gasteiger partial charge in [0.15, 0.2) is 12.4 Å². The van der Waals surface area contributed by atoms with E-state index < -0.39 is 10.0 Å². The molecule has 0 amide bonds. The van der Waals surface area contributed by atoms with E-state index in [0.29, 0.717) is 5.69 Å². The summed E-state index contributed by atoms with van der Waals surface area (Å²) in [5, 5.41) is 18.9. The van der Waals surface area contributed by atoms with E-state index in [1.165, 1.54) is 30.5 Å². The zero-order valence-corrected chi connectivity index (χ0v) is 8.25. The molecule has 0 aliphatic rings. The monoisotopic (exact) mass is 222 g/mol. The number of hydrogen-bond donors (Lipinski definition) is 2. The summed E-state index contributed by atoms with van der Waals surface area (Å²) < 4.78 is 24.4. The Hall–Kier alpha value is -2.25. The highest BCUT2D eigenvalue weighted by atomic mass is 32.2. The van der Waals surface area contributed by atoms with Crippen LogP contribution >= 0.6 is 0 Å². The van der Waals surface area contributed by atoms with Gasteiger partial charge in [-0.05, 0) is 18.2 Å². The lowest BCUT2D eigenvalue weighted by Crippen LogP contribution is -2.18.